The second-order valence-corrected chi connectivity index (χ2v) is 8.89. The summed E-state index contributed by atoms with van der Waals surface area (Å²) in [4.78, 5) is 31.6. The molecule has 4 aromatic rings. The Morgan fingerprint density at radius 3 is 2.47 bits per heavy atom. The van der Waals surface area contributed by atoms with Crippen LogP contribution in [-0.2, 0) is 9.59 Å². The standard InChI is InChI=1S/C28H23ClN2O5/c1-15-7-6-8-16(11-15)31-25(19-14-30-21-10-5-4-9-17(19)21)24(27(33)28(31)34)26(32)18-12-20(29)23(36-3)13-22(18)35-2/h4-14,25,30,32H,1-3H3/b26-24+. The summed E-state index contributed by atoms with van der Waals surface area (Å²) in [6.45, 7) is 1.91. The van der Waals surface area contributed by atoms with Crippen molar-refractivity contribution < 1.29 is 24.2 Å². The molecular weight excluding hydrogens is 480 g/mol. The molecule has 3 aromatic carbocycles. The summed E-state index contributed by atoms with van der Waals surface area (Å²) >= 11 is 6.35. The van der Waals surface area contributed by atoms with E-state index in [4.69, 9.17) is 21.1 Å². The SMILES string of the molecule is COc1cc(OC)c(/C(O)=C2\C(=O)C(=O)N(c3cccc(C)c3)C2c2c[nH]c3ccccc23)cc1Cl. The van der Waals surface area contributed by atoms with Crippen molar-refractivity contribution in [3.05, 3.63) is 94.1 Å². The van der Waals surface area contributed by atoms with Crippen LogP contribution in [0, 0.1) is 6.92 Å². The lowest BCUT2D eigenvalue weighted by Gasteiger charge is -2.25. The highest BCUT2D eigenvalue weighted by Gasteiger charge is 2.48. The number of aliphatic hydroxyl groups is 1. The molecule has 36 heavy (non-hydrogen) atoms. The molecule has 7 nitrogen and oxygen atoms in total. The van der Waals surface area contributed by atoms with E-state index in [2.05, 4.69) is 4.98 Å². The number of aryl methyl sites for hydroxylation is 1. The van der Waals surface area contributed by atoms with Crippen molar-refractivity contribution >= 4 is 45.6 Å². The van der Waals surface area contributed by atoms with Crippen LogP contribution in [0.1, 0.15) is 22.7 Å². The summed E-state index contributed by atoms with van der Waals surface area (Å²) in [5.74, 6) is -1.35. The first-order chi connectivity index (χ1) is 17.3. The zero-order valence-corrected chi connectivity index (χ0v) is 20.6. The zero-order chi connectivity index (χ0) is 25.6. The number of aromatic amines is 1. The fourth-order valence-electron chi connectivity index (χ4n) is 4.68. The number of Topliss-reactive ketones (excluding diaryl/α,β-unsaturated/α-hetero) is 1. The van der Waals surface area contributed by atoms with E-state index in [9.17, 15) is 14.7 Å². The number of rotatable bonds is 5. The van der Waals surface area contributed by atoms with Crippen LogP contribution in [0.3, 0.4) is 0 Å². The lowest BCUT2D eigenvalue weighted by molar-refractivity contribution is -0.132. The van der Waals surface area contributed by atoms with Crippen LogP contribution in [0.4, 0.5) is 5.69 Å². The number of para-hydroxylation sites is 1. The second kappa shape index (κ2) is 9.09. The molecule has 1 aliphatic rings. The Labute approximate surface area is 212 Å². The smallest absolute Gasteiger partial charge is 0.300 e. The number of amides is 1. The van der Waals surface area contributed by atoms with Gasteiger partial charge in [-0.05, 0) is 36.8 Å². The van der Waals surface area contributed by atoms with Gasteiger partial charge in [-0.15, -0.1) is 0 Å². The molecule has 1 unspecified atom stereocenters. The van der Waals surface area contributed by atoms with Crippen LogP contribution in [0.5, 0.6) is 11.5 Å². The number of carbonyl (C=O) groups excluding carboxylic acids is 2. The predicted octanol–water partition coefficient (Wildman–Crippen LogP) is 5.77. The molecule has 0 saturated carbocycles. The third-order valence-corrected chi connectivity index (χ3v) is 6.66. The molecule has 1 atom stereocenters. The molecule has 0 radical (unpaired) electrons. The average Bonchev–Trinajstić information content (AvgIpc) is 3.42. The van der Waals surface area contributed by atoms with E-state index in [1.165, 1.54) is 31.3 Å². The van der Waals surface area contributed by atoms with E-state index in [0.717, 1.165) is 16.5 Å². The van der Waals surface area contributed by atoms with Crippen LogP contribution < -0.4 is 14.4 Å². The van der Waals surface area contributed by atoms with Gasteiger partial charge in [0, 0.05) is 34.4 Å². The van der Waals surface area contributed by atoms with Gasteiger partial charge in [-0.25, -0.2) is 0 Å². The van der Waals surface area contributed by atoms with Gasteiger partial charge in [-0.1, -0.05) is 41.9 Å². The van der Waals surface area contributed by atoms with Crippen molar-refractivity contribution in [1.82, 2.24) is 4.98 Å². The van der Waals surface area contributed by atoms with Crippen LogP contribution >= 0.6 is 11.6 Å². The Balaban J connectivity index is 1.81. The molecule has 1 amide bonds. The minimum atomic E-state index is -0.895. The van der Waals surface area contributed by atoms with Gasteiger partial charge in [-0.3, -0.25) is 14.5 Å². The summed E-state index contributed by atoms with van der Waals surface area (Å²) in [6.07, 6.45) is 1.76. The Hall–Kier alpha value is -4.23. The molecule has 2 heterocycles. The fraction of sp³-hybridized carbons (Fsp3) is 0.143. The molecule has 1 aromatic heterocycles. The summed E-state index contributed by atoms with van der Waals surface area (Å²) in [5.41, 5.74) is 3.10. The van der Waals surface area contributed by atoms with E-state index in [0.29, 0.717) is 17.0 Å². The van der Waals surface area contributed by atoms with Gasteiger partial charge in [0.05, 0.1) is 36.4 Å². The Morgan fingerprint density at radius 1 is 1.00 bits per heavy atom. The molecule has 1 fully saturated rings. The maximum absolute atomic E-state index is 13.5. The number of hydrogen-bond acceptors (Lipinski definition) is 5. The van der Waals surface area contributed by atoms with E-state index < -0.39 is 17.7 Å². The number of halogens is 1. The Bertz CT molecular complexity index is 1550. The number of aromatic nitrogens is 1. The fourth-order valence-corrected chi connectivity index (χ4v) is 4.92. The number of nitrogens with one attached hydrogen (secondary N) is 1. The molecule has 1 aliphatic heterocycles. The third-order valence-electron chi connectivity index (χ3n) is 6.37. The maximum atomic E-state index is 13.5. The first-order valence-corrected chi connectivity index (χ1v) is 11.6. The number of ether oxygens (including phenoxy) is 2. The van der Waals surface area contributed by atoms with Gasteiger partial charge in [-0.2, -0.15) is 0 Å². The van der Waals surface area contributed by atoms with E-state index in [1.807, 2.05) is 49.4 Å². The number of methoxy groups -OCH3 is 2. The minimum Gasteiger partial charge on any atom is -0.507 e. The number of fused-ring (bicyclic) bond motifs is 1. The van der Waals surface area contributed by atoms with Gasteiger partial charge in [0.25, 0.3) is 11.7 Å². The van der Waals surface area contributed by atoms with Gasteiger partial charge in [0.15, 0.2) is 0 Å². The van der Waals surface area contributed by atoms with E-state index in [-0.39, 0.29) is 27.7 Å². The van der Waals surface area contributed by atoms with Crippen LogP contribution in [0.15, 0.2) is 72.4 Å². The van der Waals surface area contributed by atoms with Gasteiger partial charge < -0.3 is 19.6 Å². The Morgan fingerprint density at radius 2 is 1.75 bits per heavy atom. The van der Waals surface area contributed by atoms with Crippen molar-refractivity contribution in [2.24, 2.45) is 0 Å². The number of hydrogen-bond donors (Lipinski definition) is 2. The largest absolute Gasteiger partial charge is 0.507 e. The number of anilines is 1. The number of aliphatic hydroxyl groups excluding tert-OH is 1. The summed E-state index contributed by atoms with van der Waals surface area (Å²) in [6, 6.07) is 17.0. The molecular formula is C28H23ClN2O5. The average molecular weight is 503 g/mol. The Kier molecular flexibility index (Phi) is 5.94. The number of carbonyl (C=O) groups is 2. The molecule has 8 heteroatoms. The normalized spacial score (nSPS) is 17.1. The first-order valence-electron chi connectivity index (χ1n) is 11.2. The van der Waals surface area contributed by atoms with Crippen molar-refractivity contribution in [2.75, 3.05) is 19.1 Å². The van der Waals surface area contributed by atoms with Crippen LogP contribution in [0.2, 0.25) is 5.02 Å². The minimum absolute atomic E-state index is 0.0641. The topological polar surface area (TPSA) is 91.9 Å². The highest BCUT2D eigenvalue weighted by atomic mass is 35.5. The molecule has 0 bridgehead atoms. The highest BCUT2D eigenvalue weighted by molar-refractivity contribution is 6.52. The lowest BCUT2D eigenvalue weighted by atomic mass is 9.94. The van der Waals surface area contributed by atoms with Crippen molar-refractivity contribution in [2.45, 2.75) is 13.0 Å². The molecule has 1 saturated heterocycles. The van der Waals surface area contributed by atoms with Crippen molar-refractivity contribution in [1.29, 1.82) is 0 Å². The molecule has 0 aliphatic carbocycles. The third kappa shape index (κ3) is 3.69. The monoisotopic (exact) mass is 502 g/mol. The van der Waals surface area contributed by atoms with E-state index in [1.54, 1.807) is 12.3 Å². The number of benzene rings is 3. The quantitative estimate of drug-likeness (QED) is 0.205. The first kappa shape index (κ1) is 23.5. The summed E-state index contributed by atoms with van der Waals surface area (Å²) in [5, 5.41) is 12.6. The van der Waals surface area contributed by atoms with Gasteiger partial charge in [0.1, 0.15) is 17.3 Å². The molecule has 182 valence electrons. The zero-order valence-electron chi connectivity index (χ0n) is 19.8. The molecule has 2 N–H and O–H groups in total. The van der Waals surface area contributed by atoms with Crippen LogP contribution in [0.25, 0.3) is 16.7 Å². The summed E-state index contributed by atoms with van der Waals surface area (Å²) < 4.78 is 10.7. The number of H-pyrrole nitrogens is 1. The molecule has 5 rings (SSSR count). The van der Waals surface area contributed by atoms with Gasteiger partial charge in [0.2, 0.25) is 0 Å². The van der Waals surface area contributed by atoms with E-state index >= 15 is 0 Å². The van der Waals surface area contributed by atoms with Crippen LogP contribution in [-0.4, -0.2) is 36.0 Å². The predicted molar refractivity (Wildman–Crippen MR) is 139 cm³/mol. The number of nitrogens with zero attached hydrogens (tertiary/aromatic N) is 1. The lowest BCUT2D eigenvalue weighted by Crippen LogP contribution is -2.29. The second-order valence-electron chi connectivity index (χ2n) is 8.48. The number of ketones is 1. The van der Waals surface area contributed by atoms with Crippen molar-refractivity contribution in [3.63, 3.8) is 0 Å². The van der Waals surface area contributed by atoms with Gasteiger partial charge >= 0.3 is 0 Å². The van der Waals surface area contributed by atoms with Crippen molar-refractivity contribution in [3.8, 4) is 11.5 Å². The maximum Gasteiger partial charge on any atom is 0.300 e. The molecule has 0 spiro atoms. The summed E-state index contributed by atoms with van der Waals surface area (Å²) in [7, 11) is 2.90. The highest BCUT2D eigenvalue weighted by Crippen LogP contribution is 2.46.